The van der Waals surface area contributed by atoms with Crippen molar-refractivity contribution >= 4 is 50.9 Å². The summed E-state index contributed by atoms with van der Waals surface area (Å²) in [5.41, 5.74) is 1.44. The summed E-state index contributed by atoms with van der Waals surface area (Å²) < 4.78 is 13.5. The molecule has 0 spiro atoms. The van der Waals surface area contributed by atoms with E-state index in [-0.39, 0.29) is 11.7 Å². The van der Waals surface area contributed by atoms with Gasteiger partial charge in [-0.3, -0.25) is 4.79 Å². The summed E-state index contributed by atoms with van der Waals surface area (Å²) in [6.07, 6.45) is 0. The van der Waals surface area contributed by atoms with Gasteiger partial charge in [-0.05, 0) is 19.1 Å². The lowest BCUT2D eigenvalue weighted by Crippen LogP contribution is -2.15. The molecular formula is C20H20BrClN4O3S. The highest BCUT2D eigenvalue weighted by Crippen LogP contribution is 2.36. The first kappa shape index (κ1) is 22.5. The average molecular weight is 512 g/mol. The predicted octanol–water partition coefficient (Wildman–Crippen LogP) is 5.13. The number of hydrogen-bond acceptors (Lipinski definition) is 6. The molecular weight excluding hydrogens is 492 g/mol. The van der Waals surface area contributed by atoms with Gasteiger partial charge in [-0.1, -0.05) is 51.4 Å². The molecule has 10 heteroatoms. The first-order valence-corrected chi connectivity index (χ1v) is 11.2. The predicted molar refractivity (Wildman–Crippen MR) is 123 cm³/mol. The summed E-state index contributed by atoms with van der Waals surface area (Å²) in [4.78, 5) is 12.5. The van der Waals surface area contributed by atoms with E-state index in [9.17, 15) is 4.79 Å². The minimum atomic E-state index is -0.210. The van der Waals surface area contributed by atoms with Crippen molar-refractivity contribution in [2.24, 2.45) is 0 Å². The second-order valence-electron chi connectivity index (χ2n) is 6.08. The van der Waals surface area contributed by atoms with Crippen LogP contribution in [-0.4, -0.2) is 40.6 Å². The van der Waals surface area contributed by atoms with E-state index >= 15 is 0 Å². The summed E-state index contributed by atoms with van der Waals surface area (Å²) in [6, 6.07) is 11.1. The Labute approximate surface area is 192 Å². The van der Waals surface area contributed by atoms with Crippen molar-refractivity contribution in [1.82, 2.24) is 14.8 Å². The highest BCUT2D eigenvalue weighted by atomic mass is 79.9. The maximum absolute atomic E-state index is 12.5. The van der Waals surface area contributed by atoms with Gasteiger partial charge < -0.3 is 19.4 Å². The first-order valence-electron chi connectivity index (χ1n) is 9.00. The normalized spacial score (nSPS) is 10.7. The zero-order chi connectivity index (χ0) is 21.7. The molecule has 0 aliphatic carbocycles. The van der Waals surface area contributed by atoms with Crippen LogP contribution in [0.25, 0.3) is 11.4 Å². The number of methoxy groups -OCH3 is 2. The van der Waals surface area contributed by atoms with E-state index in [1.807, 2.05) is 35.8 Å². The lowest BCUT2D eigenvalue weighted by atomic mass is 10.2. The lowest BCUT2D eigenvalue weighted by Gasteiger charge is -2.13. The number of halogens is 2. The number of anilines is 1. The van der Waals surface area contributed by atoms with Gasteiger partial charge in [-0.2, -0.15) is 0 Å². The van der Waals surface area contributed by atoms with E-state index in [0.29, 0.717) is 33.9 Å². The van der Waals surface area contributed by atoms with Crippen molar-refractivity contribution in [3.05, 3.63) is 45.9 Å². The summed E-state index contributed by atoms with van der Waals surface area (Å²) in [5, 5.41) is 12.5. The molecule has 1 heterocycles. The van der Waals surface area contributed by atoms with E-state index in [1.165, 1.54) is 26.0 Å². The van der Waals surface area contributed by atoms with Crippen LogP contribution in [0.5, 0.6) is 11.5 Å². The van der Waals surface area contributed by atoms with Crippen LogP contribution in [0.2, 0.25) is 5.02 Å². The Bertz CT molecular complexity index is 1040. The Morgan fingerprint density at radius 1 is 1.17 bits per heavy atom. The minimum Gasteiger partial charge on any atom is -0.495 e. The van der Waals surface area contributed by atoms with E-state index < -0.39 is 0 Å². The number of carbonyl (C=O) groups excluding carboxylic acids is 1. The Balaban J connectivity index is 1.72. The number of hydrogen-bond donors (Lipinski definition) is 1. The zero-order valence-corrected chi connectivity index (χ0v) is 19.8. The number of nitrogens with one attached hydrogen (secondary N) is 1. The standard InChI is InChI=1S/C20H20BrClN4O3S/c1-4-26-19(12-5-7-13(21)8-6-12)24-25-20(26)30-11-18(27)23-15-10-16(28-2)14(22)9-17(15)29-3/h5-10H,4,11H2,1-3H3,(H,23,27). The van der Waals surface area contributed by atoms with Crippen molar-refractivity contribution in [3.63, 3.8) is 0 Å². The first-order chi connectivity index (χ1) is 14.5. The van der Waals surface area contributed by atoms with Crippen LogP contribution in [0.4, 0.5) is 5.69 Å². The van der Waals surface area contributed by atoms with Crippen molar-refractivity contribution in [3.8, 4) is 22.9 Å². The minimum absolute atomic E-state index is 0.159. The molecule has 0 aliphatic heterocycles. The molecule has 0 aliphatic rings. The number of thioether (sulfide) groups is 1. The van der Waals surface area contributed by atoms with E-state index in [4.69, 9.17) is 21.1 Å². The Morgan fingerprint density at radius 2 is 1.87 bits per heavy atom. The van der Waals surface area contributed by atoms with Crippen LogP contribution in [0, 0.1) is 0 Å². The number of rotatable bonds is 8. The van der Waals surface area contributed by atoms with E-state index in [0.717, 1.165) is 15.9 Å². The van der Waals surface area contributed by atoms with Crippen molar-refractivity contribution < 1.29 is 14.3 Å². The van der Waals surface area contributed by atoms with Gasteiger partial charge in [0.05, 0.1) is 30.7 Å². The molecule has 0 bridgehead atoms. The number of carbonyl (C=O) groups is 1. The Morgan fingerprint density at radius 3 is 2.50 bits per heavy atom. The second-order valence-corrected chi connectivity index (χ2v) is 8.35. The molecule has 7 nitrogen and oxygen atoms in total. The van der Waals surface area contributed by atoms with Gasteiger partial charge in [0.25, 0.3) is 0 Å². The van der Waals surface area contributed by atoms with Crippen LogP contribution in [0.15, 0.2) is 46.0 Å². The van der Waals surface area contributed by atoms with Crippen molar-refractivity contribution in [2.45, 2.75) is 18.6 Å². The second kappa shape index (κ2) is 10.2. The smallest absolute Gasteiger partial charge is 0.234 e. The Hall–Kier alpha value is -2.23. The average Bonchev–Trinajstić information content (AvgIpc) is 3.16. The van der Waals surface area contributed by atoms with Crippen molar-refractivity contribution in [2.75, 3.05) is 25.3 Å². The maximum atomic E-state index is 12.5. The molecule has 1 aromatic heterocycles. The summed E-state index contributed by atoms with van der Waals surface area (Å²) in [6.45, 7) is 2.70. The molecule has 0 fully saturated rings. The zero-order valence-electron chi connectivity index (χ0n) is 16.6. The van der Waals surface area contributed by atoms with Crippen LogP contribution < -0.4 is 14.8 Å². The fourth-order valence-corrected chi connectivity index (χ4v) is 4.07. The Kier molecular flexibility index (Phi) is 7.63. The molecule has 3 aromatic rings. The lowest BCUT2D eigenvalue weighted by molar-refractivity contribution is -0.113. The molecule has 30 heavy (non-hydrogen) atoms. The van der Waals surface area contributed by atoms with Crippen LogP contribution in [-0.2, 0) is 11.3 Å². The van der Waals surface area contributed by atoms with Gasteiger partial charge >= 0.3 is 0 Å². The third-order valence-corrected chi connectivity index (χ3v) is 6.01. The van der Waals surface area contributed by atoms with E-state index in [2.05, 4.69) is 31.4 Å². The summed E-state index contributed by atoms with van der Waals surface area (Å²) >= 11 is 10.9. The maximum Gasteiger partial charge on any atom is 0.234 e. The summed E-state index contributed by atoms with van der Waals surface area (Å²) in [5.74, 6) is 1.61. The van der Waals surface area contributed by atoms with Gasteiger partial charge in [0.15, 0.2) is 11.0 Å². The molecule has 2 aromatic carbocycles. The fraction of sp³-hybridized carbons (Fsp3) is 0.250. The summed E-state index contributed by atoms with van der Waals surface area (Å²) in [7, 11) is 3.02. The highest BCUT2D eigenvalue weighted by Gasteiger charge is 2.16. The molecule has 0 saturated heterocycles. The molecule has 3 rings (SSSR count). The number of nitrogens with zero attached hydrogens (tertiary/aromatic N) is 3. The van der Waals surface area contributed by atoms with Crippen LogP contribution in [0.1, 0.15) is 6.92 Å². The monoisotopic (exact) mass is 510 g/mol. The SMILES string of the molecule is CCn1c(SCC(=O)Nc2cc(OC)c(Cl)cc2OC)nnc1-c1ccc(Br)cc1. The quantitative estimate of drug-likeness (QED) is 0.423. The third-order valence-electron chi connectivity index (χ3n) is 4.22. The fourth-order valence-electron chi connectivity index (χ4n) is 2.77. The van der Waals surface area contributed by atoms with E-state index in [1.54, 1.807) is 12.1 Å². The molecule has 1 amide bonds. The van der Waals surface area contributed by atoms with Gasteiger partial charge in [-0.15, -0.1) is 10.2 Å². The molecule has 158 valence electrons. The number of ether oxygens (including phenoxy) is 2. The number of aromatic nitrogens is 3. The van der Waals surface area contributed by atoms with Crippen LogP contribution >= 0.6 is 39.3 Å². The molecule has 0 unspecified atom stereocenters. The van der Waals surface area contributed by atoms with Gasteiger partial charge in [0, 0.05) is 28.7 Å². The third kappa shape index (κ3) is 5.08. The molecule has 0 atom stereocenters. The van der Waals surface area contributed by atoms with Gasteiger partial charge in [-0.25, -0.2) is 0 Å². The number of benzene rings is 2. The topological polar surface area (TPSA) is 78.3 Å². The highest BCUT2D eigenvalue weighted by molar-refractivity contribution is 9.10. The molecule has 1 N–H and O–H groups in total. The number of amides is 1. The van der Waals surface area contributed by atoms with Crippen LogP contribution in [0.3, 0.4) is 0 Å². The van der Waals surface area contributed by atoms with Crippen molar-refractivity contribution in [1.29, 1.82) is 0 Å². The van der Waals surface area contributed by atoms with Gasteiger partial charge in [0.1, 0.15) is 11.5 Å². The largest absolute Gasteiger partial charge is 0.495 e. The van der Waals surface area contributed by atoms with Gasteiger partial charge in [0.2, 0.25) is 5.91 Å². The molecule has 0 radical (unpaired) electrons. The molecule has 0 saturated carbocycles.